The van der Waals surface area contributed by atoms with Gasteiger partial charge in [0.25, 0.3) is 9.70 Å². The number of hydrogen-bond acceptors (Lipinski definition) is 5. The highest BCUT2D eigenvalue weighted by Gasteiger charge is 2.43. The lowest BCUT2D eigenvalue weighted by Crippen LogP contribution is -2.53. The van der Waals surface area contributed by atoms with Crippen molar-refractivity contribution >= 4 is 83.8 Å². The van der Waals surface area contributed by atoms with E-state index in [4.69, 9.17) is 58.0 Å². The van der Waals surface area contributed by atoms with Crippen molar-refractivity contribution in [3.8, 4) is 0 Å². The molecule has 26 heavy (non-hydrogen) atoms. The van der Waals surface area contributed by atoms with Gasteiger partial charge in [0.15, 0.2) is 9.84 Å². The van der Waals surface area contributed by atoms with E-state index in [0.29, 0.717) is 0 Å². The summed E-state index contributed by atoms with van der Waals surface area (Å²) in [7, 11) is -7.77. The molecule has 0 aromatic heterocycles. The molecule has 7 nitrogen and oxygen atoms in total. The maximum absolute atomic E-state index is 12.5. The SMILES string of the molecule is O=C(N[C@@H]1CS(=O)(=O)C[C@@H]1NS(=O)(=O)c1ccc(Cl)c(Cl)c1)C(Cl)(Cl)Cl. The van der Waals surface area contributed by atoms with Gasteiger partial charge in [-0.1, -0.05) is 58.0 Å². The fraction of sp³-hybridized carbons (Fsp3) is 0.417. The molecule has 1 aromatic carbocycles. The van der Waals surface area contributed by atoms with Gasteiger partial charge in [0.1, 0.15) is 0 Å². The van der Waals surface area contributed by atoms with Crippen molar-refractivity contribution < 1.29 is 21.6 Å². The van der Waals surface area contributed by atoms with Crippen molar-refractivity contribution in [2.75, 3.05) is 11.5 Å². The van der Waals surface area contributed by atoms with E-state index in [-0.39, 0.29) is 14.9 Å². The van der Waals surface area contributed by atoms with Gasteiger partial charge in [-0.05, 0) is 18.2 Å². The van der Waals surface area contributed by atoms with Gasteiger partial charge in [-0.3, -0.25) is 4.79 Å². The summed E-state index contributed by atoms with van der Waals surface area (Å²) in [5, 5.41) is 2.39. The molecule has 0 aliphatic carbocycles. The molecule has 0 saturated carbocycles. The lowest BCUT2D eigenvalue weighted by Gasteiger charge is -2.22. The largest absolute Gasteiger partial charge is 0.347 e. The third-order valence-electron chi connectivity index (χ3n) is 3.43. The van der Waals surface area contributed by atoms with E-state index in [0.717, 1.165) is 6.07 Å². The first-order valence-corrected chi connectivity index (χ1v) is 12.0. The summed E-state index contributed by atoms with van der Waals surface area (Å²) in [5.74, 6) is -2.10. The molecule has 0 unspecified atom stereocenters. The van der Waals surface area contributed by atoms with Gasteiger partial charge >= 0.3 is 0 Å². The van der Waals surface area contributed by atoms with Gasteiger partial charge in [-0.25, -0.2) is 21.6 Å². The number of carbonyl (C=O) groups excluding carboxylic acids is 1. The van der Waals surface area contributed by atoms with Crippen LogP contribution in [0.1, 0.15) is 0 Å². The van der Waals surface area contributed by atoms with Crippen molar-refractivity contribution in [1.29, 1.82) is 0 Å². The molecule has 1 aliphatic heterocycles. The second-order valence-corrected chi connectivity index (χ2v) is 12.4. The zero-order valence-corrected chi connectivity index (χ0v) is 18.0. The first kappa shape index (κ1) is 22.3. The predicted molar refractivity (Wildman–Crippen MR) is 101 cm³/mol. The van der Waals surface area contributed by atoms with Gasteiger partial charge in [-0.15, -0.1) is 0 Å². The van der Waals surface area contributed by atoms with Crippen LogP contribution in [-0.2, 0) is 24.7 Å². The molecular formula is C12H11Cl5N2O5S2. The van der Waals surface area contributed by atoms with E-state index in [1.165, 1.54) is 12.1 Å². The second-order valence-electron chi connectivity index (χ2n) is 5.46. The summed E-state index contributed by atoms with van der Waals surface area (Å²) >= 11 is 27.9. The highest BCUT2D eigenvalue weighted by atomic mass is 35.6. The Kier molecular flexibility index (Phi) is 6.68. The molecule has 2 rings (SSSR count). The molecule has 14 heteroatoms. The number of nitrogens with one attached hydrogen (secondary N) is 2. The van der Waals surface area contributed by atoms with E-state index < -0.39 is 53.1 Å². The summed E-state index contributed by atoms with van der Waals surface area (Å²) in [6, 6.07) is 1.34. The molecule has 1 aliphatic rings. The Morgan fingerprint density at radius 2 is 1.65 bits per heavy atom. The summed E-state index contributed by atoms with van der Waals surface area (Å²) in [5.41, 5.74) is 0. The van der Waals surface area contributed by atoms with E-state index in [9.17, 15) is 21.6 Å². The van der Waals surface area contributed by atoms with Crippen molar-refractivity contribution in [3.63, 3.8) is 0 Å². The van der Waals surface area contributed by atoms with Crippen LogP contribution in [0.3, 0.4) is 0 Å². The maximum atomic E-state index is 12.5. The Hall–Kier alpha value is 0.000000000000000111. The lowest BCUT2D eigenvalue weighted by molar-refractivity contribution is -0.120. The van der Waals surface area contributed by atoms with E-state index >= 15 is 0 Å². The molecule has 1 saturated heterocycles. The minimum Gasteiger partial charge on any atom is -0.347 e. The Labute approximate surface area is 175 Å². The lowest BCUT2D eigenvalue weighted by atomic mass is 10.2. The monoisotopic (exact) mass is 502 g/mol. The Balaban J connectivity index is 2.26. The van der Waals surface area contributed by atoms with E-state index in [1.807, 2.05) is 0 Å². The van der Waals surface area contributed by atoms with E-state index in [1.54, 1.807) is 0 Å². The van der Waals surface area contributed by atoms with Crippen molar-refractivity contribution in [1.82, 2.24) is 10.0 Å². The summed E-state index contributed by atoms with van der Waals surface area (Å²) in [6.07, 6.45) is 0. The Morgan fingerprint density at radius 3 is 2.19 bits per heavy atom. The Bertz CT molecular complexity index is 930. The topological polar surface area (TPSA) is 109 Å². The van der Waals surface area contributed by atoms with Crippen LogP contribution in [0, 0.1) is 0 Å². The molecule has 1 amide bonds. The number of carbonyl (C=O) groups is 1. The van der Waals surface area contributed by atoms with Crippen molar-refractivity contribution in [2.24, 2.45) is 0 Å². The second kappa shape index (κ2) is 7.79. The van der Waals surface area contributed by atoms with Crippen LogP contribution in [0.25, 0.3) is 0 Å². The third-order valence-corrected chi connectivity index (χ3v) is 7.91. The number of sulfone groups is 1. The molecule has 1 heterocycles. The number of alkyl halides is 3. The Morgan fingerprint density at radius 1 is 1.08 bits per heavy atom. The van der Waals surface area contributed by atoms with Crippen LogP contribution in [0.2, 0.25) is 10.0 Å². The normalized spacial score (nSPS) is 23.0. The zero-order chi connectivity index (χ0) is 19.9. The number of hydrogen-bond donors (Lipinski definition) is 2. The summed E-state index contributed by atoms with van der Waals surface area (Å²) in [6.45, 7) is 0. The van der Waals surface area contributed by atoms with Crippen LogP contribution < -0.4 is 10.0 Å². The number of benzene rings is 1. The minimum absolute atomic E-state index is 0.00893. The molecular weight excluding hydrogens is 494 g/mol. The smallest absolute Gasteiger partial charge is 0.272 e. The standard InChI is InChI=1S/C12H11Cl5N2O5S2/c13-7-2-1-6(3-8(7)14)26(23,24)19-10-5-25(21,22)4-9(10)18-11(20)12(15,16)17/h1-3,9-10,19H,4-5H2,(H,18,20)/t9-,10+/m1/s1. The average molecular weight is 505 g/mol. The van der Waals surface area contributed by atoms with Crippen LogP contribution in [0.15, 0.2) is 23.1 Å². The fourth-order valence-corrected chi connectivity index (χ4v) is 6.06. The molecule has 0 spiro atoms. The van der Waals surface area contributed by atoms with Gasteiger partial charge in [0.2, 0.25) is 10.0 Å². The molecule has 2 atom stereocenters. The molecule has 146 valence electrons. The number of sulfonamides is 1. The van der Waals surface area contributed by atoms with Crippen LogP contribution in [0.4, 0.5) is 0 Å². The number of halogens is 5. The van der Waals surface area contributed by atoms with Crippen molar-refractivity contribution in [2.45, 2.75) is 20.8 Å². The van der Waals surface area contributed by atoms with E-state index in [2.05, 4.69) is 10.0 Å². The fourth-order valence-electron chi connectivity index (χ4n) is 2.27. The average Bonchev–Trinajstić information content (AvgIpc) is 2.73. The summed E-state index contributed by atoms with van der Waals surface area (Å²) in [4.78, 5) is 11.6. The third kappa shape index (κ3) is 5.51. The first-order chi connectivity index (χ1) is 11.7. The first-order valence-electron chi connectivity index (χ1n) is 6.77. The van der Waals surface area contributed by atoms with Crippen LogP contribution >= 0.6 is 58.0 Å². The molecule has 0 radical (unpaired) electrons. The number of rotatable bonds is 4. The van der Waals surface area contributed by atoms with Crippen LogP contribution in [-0.4, -0.2) is 50.1 Å². The molecule has 0 bridgehead atoms. The minimum atomic E-state index is -4.15. The van der Waals surface area contributed by atoms with Gasteiger partial charge in [-0.2, -0.15) is 0 Å². The van der Waals surface area contributed by atoms with Gasteiger partial charge in [0, 0.05) is 0 Å². The van der Waals surface area contributed by atoms with Gasteiger partial charge in [0.05, 0.1) is 38.5 Å². The highest BCUT2D eigenvalue weighted by Crippen LogP contribution is 2.28. The molecule has 1 fully saturated rings. The molecule has 1 aromatic rings. The number of amides is 1. The quantitative estimate of drug-likeness (QED) is 0.609. The van der Waals surface area contributed by atoms with Crippen LogP contribution in [0.5, 0.6) is 0 Å². The maximum Gasteiger partial charge on any atom is 0.272 e. The molecule has 2 N–H and O–H groups in total. The zero-order valence-electron chi connectivity index (χ0n) is 12.5. The van der Waals surface area contributed by atoms with Crippen molar-refractivity contribution in [3.05, 3.63) is 28.2 Å². The predicted octanol–water partition coefficient (Wildman–Crippen LogP) is 1.92. The van der Waals surface area contributed by atoms with Gasteiger partial charge < -0.3 is 5.32 Å². The summed E-state index contributed by atoms with van der Waals surface area (Å²) < 4.78 is 48.7. The highest BCUT2D eigenvalue weighted by molar-refractivity contribution is 7.92.